The van der Waals surface area contributed by atoms with E-state index < -0.39 is 6.04 Å². The van der Waals surface area contributed by atoms with E-state index in [-0.39, 0.29) is 73.3 Å². The van der Waals surface area contributed by atoms with E-state index in [0.29, 0.717) is 34.1 Å². The Morgan fingerprint density at radius 2 is 1.31 bits per heavy atom. The standard InChI is InChI=1S/C60H64N3O.Pt/c1-11-39(12-2)44-35-51(40(13-3)14-4)57(64)52(36-44)58-62-56-49(26-21-27-55(56)63(58)54-29-28-47(59(5,6)7)38-50(54)42-24-19-16-20-25-42)45-32-46(34-48(33-45)60(8,9)10)53-37-43(30-31-61-53)41-22-17-15-18-23-41;/h15-31,33-40,64H,11-14H2,1-10H3;/q-1;/i15D,17D,18D,22D,23D;. The van der Waals surface area contributed by atoms with Crippen LogP contribution >= 0.6 is 0 Å². The molecule has 65 heavy (non-hydrogen) atoms. The molecular weight excluding hydrogens is 974 g/mol. The van der Waals surface area contributed by atoms with Crippen LogP contribution in [-0.2, 0) is 31.9 Å². The number of phenolic OH excluding ortho intramolecular Hbond substituents is 1. The third-order valence-corrected chi connectivity index (χ3v) is 13.0. The predicted molar refractivity (Wildman–Crippen MR) is 271 cm³/mol. The Labute approximate surface area is 409 Å². The van der Waals surface area contributed by atoms with Crippen LogP contribution in [-0.4, -0.2) is 19.6 Å². The van der Waals surface area contributed by atoms with Crippen molar-refractivity contribution in [1.82, 2.24) is 14.5 Å². The maximum Gasteiger partial charge on any atom is 0.148 e. The van der Waals surface area contributed by atoms with Crippen LogP contribution in [0.25, 0.3) is 72.7 Å². The molecule has 8 rings (SSSR count). The minimum atomic E-state index is -0.433. The zero-order valence-electron chi connectivity index (χ0n) is 44.5. The number of hydrogen-bond acceptors (Lipinski definition) is 3. The second-order valence-electron chi connectivity index (χ2n) is 19.2. The number of aromatic hydroxyl groups is 1. The largest absolute Gasteiger partial charge is 0.507 e. The first-order chi connectivity index (χ1) is 32.8. The number of nitrogens with zero attached hydrogens (tertiary/aromatic N) is 3. The molecule has 0 saturated heterocycles. The molecule has 0 bridgehead atoms. The average Bonchev–Trinajstić information content (AvgIpc) is 3.73. The van der Waals surface area contributed by atoms with Crippen LogP contribution in [0.5, 0.6) is 5.75 Å². The first kappa shape index (κ1) is 40.9. The summed E-state index contributed by atoms with van der Waals surface area (Å²) >= 11 is 0. The number of phenols is 1. The molecule has 0 spiro atoms. The second-order valence-corrected chi connectivity index (χ2v) is 19.2. The molecule has 2 aromatic heterocycles. The van der Waals surface area contributed by atoms with Gasteiger partial charge in [-0.25, -0.2) is 4.98 Å². The Hall–Kier alpha value is -5.57. The molecule has 0 aliphatic heterocycles. The number of benzene rings is 6. The van der Waals surface area contributed by atoms with Gasteiger partial charge in [-0.15, -0.1) is 29.3 Å². The summed E-state index contributed by atoms with van der Waals surface area (Å²) in [4.78, 5) is 10.5. The Morgan fingerprint density at radius 3 is 1.97 bits per heavy atom. The molecule has 0 fully saturated rings. The van der Waals surface area contributed by atoms with Crippen molar-refractivity contribution in [2.45, 2.75) is 118 Å². The Bertz CT molecular complexity index is 3190. The zero-order valence-corrected chi connectivity index (χ0v) is 41.8. The summed E-state index contributed by atoms with van der Waals surface area (Å²) in [5.74, 6) is 1.38. The molecule has 0 aliphatic carbocycles. The van der Waals surface area contributed by atoms with Gasteiger partial charge in [-0.1, -0.05) is 171 Å². The van der Waals surface area contributed by atoms with Gasteiger partial charge in [0.05, 0.1) is 29.1 Å². The van der Waals surface area contributed by atoms with E-state index in [1.54, 1.807) is 18.3 Å². The van der Waals surface area contributed by atoms with Crippen molar-refractivity contribution in [2.24, 2.45) is 0 Å². The number of aromatic nitrogens is 3. The van der Waals surface area contributed by atoms with E-state index in [1.165, 1.54) is 11.1 Å². The van der Waals surface area contributed by atoms with Crippen LogP contribution in [0.15, 0.2) is 140 Å². The van der Waals surface area contributed by atoms with E-state index in [0.717, 1.165) is 75.8 Å². The number of hydrogen-bond donors (Lipinski definition) is 1. The predicted octanol–water partition coefficient (Wildman–Crippen LogP) is 16.7. The summed E-state index contributed by atoms with van der Waals surface area (Å²) in [6, 6.07) is 37.6. The van der Waals surface area contributed by atoms with E-state index in [9.17, 15) is 5.11 Å². The van der Waals surface area contributed by atoms with Crippen molar-refractivity contribution in [2.75, 3.05) is 0 Å². The molecule has 1 N–H and O–H groups in total. The molecule has 0 aliphatic rings. The average molecular weight is 1040 g/mol. The van der Waals surface area contributed by atoms with E-state index in [4.69, 9.17) is 16.8 Å². The van der Waals surface area contributed by atoms with Crippen LogP contribution in [0.1, 0.15) is 136 Å². The van der Waals surface area contributed by atoms with E-state index in [2.05, 4.69) is 165 Å². The van der Waals surface area contributed by atoms with Gasteiger partial charge in [-0.2, -0.15) is 0 Å². The Kier molecular flexibility index (Phi) is 12.3. The molecule has 5 heteroatoms. The van der Waals surface area contributed by atoms with Gasteiger partial charge in [0.1, 0.15) is 11.6 Å². The normalized spacial score (nSPS) is 13.1. The summed E-state index contributed by atoms with van der Waals surface area (Å²) in [5.41, 5.74) is 12.9. The van der Waals surface area contributed by atoms with Gasteiger partial charge < -0.3 is 5.11 Å². The van der Waals surface area contributed by atoms with Gasteiger partial charge >= 0.3 is 0 Å². The smallest absolute Gasteiger partial charge is 0.148 e. The van der Waals surface area contributed by atoms with Gasteiger partial charge in [0.15, 0.2) is 0 Å². The molecule has 0 radical (unpaired) electrons. The van der Waals surface area contributed by atoms with Crippen molar-refractivity contribution < 1.29 is 33.0 Å². The van der Waals surface area contributed by atoms with E-state index in [1.807, 2.05) is 6.07 Å². The number of imidazole rings is 1. The number of pyridine rings is 1. The van der Waals surface area contributed by atoms with E-state index >= 15 is 0 Å². The molecule has 6 aromatic carbocycles. The van der Waals surface area contributed by atoms with Crippen molar-refractivity contribution >= 4 is 11.0 Å². The van der Waals surface area contributed by atoms with Gasteiger partial charge in [0.2, 0.25) is 0 Å². The van der Waals surface area contributed by atoms with Crippen LogP contribution in [0.4, 0.5) is 0 Å². The number of para-hydroxylation sites is 1. The third kappa shape index (κ3) is 9.57. The summed E-state index contributed by atoms with van der Waals surface area (Å²) < 4.78 is 44.6. The molecule has 336 valence electrons. The first-order valence-electron chi connectivity index (χ1n) is 25.5. The van der Waals surface area contributed by atoms with Crippen LogP contribution in [0.2, 0.25) is 0 Å². The summed E-state index contributed by atoms with van der Waals surface area (Å²) in [5, 5.41) is 12.7. The third-order valence-electron chi connectivity index (χ3n) is 13.0. The first-order valence-corrected chi connectivity index (χ1v) is 23.0. The minimum Gasteiger partial charge on any atom is -0.507 e. The topological polar surface area (TPSA) is 50.9 Å². The van der Waals surface area contributed by atoms with Crippen LogP contribution in [0, 0.1) is 6.07 Å². The summed E-state index contributed by atoms with van der Waals surface area (Å²) in [7, 11) is 0. The summed E-state index contributed by atoms with van der Waals surface area (Å²) in [6.07, 6.45) is 5.35. The quantitative estimate of drug-likeness (QED) is 0.124. The Morgan fingerprint density at radius 1 is 0.631 bits per heavy atom. The molecule has 4 nitrogen and oxygen atoms in total. The van der Waals surface area contributed by atoms with Crippen molar-refractivity contribution in [3.63, 3.8) is 0 Å². The molecule has 2 heterocycles. The molecular formula is C60H64N3OPt-. The van der Waals surface area contributed by atoms with Crippen molar-refractivity contribution in [3.05, 3.63) is 168 Å². The molecule has 0 amide bonds. The van der Waals surface area contributed by atoms with Gasteiger partial charge in [0.25, 0.3) is 0 Å². The monoisotopic (exact) mass is 1040 g/mol. The maximum atomic E-state index is 12.7. The number of fused-ring (bicyclic) bond motifs is 1. The molecule has 8 aromatic rings. The van der Waals surface area contributed by atoms with Gasteiger partial charge in [-0.3, -0.25) is 9.55 Å². The second kappa shape index (κ2) is 19.5. The summed E-state index contributed by atoms with van der Waals surface area (Å²) in [6.45, 7) is 22.1. The van der Waals surface area contributed by atoms with Crippen molar-refractivity contribution in [3.8, 4) is 67.5 Å². The fraction of sp³-hybridized carbons (Fsp3) is 0.300. The Balaban J connectivity index is 0.00000722. The zero-order chi connectivity index (χ0) is 49.7. The van der Waals surface area contributed by atoms with Gasteiger partial charge in [0, 0.05) is 38.5 Å². The SMILES string of the molecule is [2H]c1c([2H])c([2H])c(-c2ccnc(-c3[c-]c(-c4cccc5c4nc(-c4cc(C(CC)CC)cc(C(CC)CC)c4O)n5-c4ccc(C(C)(C)C)cc4-c4ccccc4)cc(C(C)(C)C)c3)c2)c([2H])c1[2H].[Pt]. The van der Waals surface area contributed by atoms with Crippen LogP contribution in [0.3, 0.4) is 0 Å². The molecule has 0 atom stereocenters. The minimum absolute atomic E-state index is 0. The fourth-order valence-electron chi connectivity index (χ4n) is 9.09. The fourth-order valence-corrected chi connectivity index (χ4v) is 9.09. The van der Waals surface area contributed by atoms with Crippen LogP contribution < -0.4 is 0 Å². The maximum absolute atomic E-state index is 12.7. The molecule has 0 saturated carbocycles. The number of rotatable bonds is 12. The van der Waals surface area contributed by atoms with Gasteiger partial charge in [-0.05, 0) is 112 Å². The molecule has 0 unspecified atom stereocenters. The van der Waals surface area contributed by atoms with Crippen molar-refractivity contribution in [1.29, 1.82) is 0 Å².